The Morgan fingerprint density at radius 1 is 1.47 bits per heavy atom. The molecule has 0 bridgehead atoms. The Kier molecular flexibility index (Phi) is 4.58. The van der Waals surface area contributed by atoms with Crippen molar-refractivity contribution in [2.75, 3.05) is 7.05 Å². The molecule has 1 saturated carbocycles. The Morgan fingerprint density at radius 3 is 2.47 bits per heavy atom. The number of hydrogen-bond acceptors (Lipinski definition) is 2. The summed E-state index contributed by atoms with van der Waals surface area (Å²) in [6.07, 6.45) is 5.76. The molecule has 3 nitrogen and oxygen atoms in total. The zero-order valence-corrected chi connectivity index (χ0v) is 10.2. The Morgan fingerprint density at radius 2 is 2.00 bits per heavy atom. The lowest BCUT2D eigenvalue weighted by Gasteiger charge is -2.29. The fraction of sp³-hybridized carbons (Fsp3) is 0.917. The predicted octanol–water partition coefficient (Wildman–Crippen LogP) is 1.76. The van der Waals surface area contributed by atoms with E-state index >= 15 is 0 Å². The van der Waals surface area contributed by atoms with E-state index in [0.717, 1.165) is 19.3 Å². The SMILES string of the molecule is CC[C@H](C)[C@H](N)C(=O)N(C)C1CCCC1. The fourth-order valence-electron chi connectivity index (χ4n) is 2.20. The summed E-state index contributed by atoms with van der Waals surface area (Å²) in [6.45, 7) is 4.12. The lowest BCUT2D eigenvalue weighted by Crippen LogP contribution is -2.48. The highest BCUT2D eigenvalue weighted by atomic mass is 16.2. The molecule has 2 atom stereocenters. The summed E-state index contributed by atoms with van der Waals surface area (Å²) in [5.41, 5.74) is 5.95. The summed E-state index contributed by atoms with van der Waals surface area (Å²) < 4.78 is 0. The smallest absolute Gasteiger partial charge is 0.239 e. The second kappa shape index (κ2) is 5.50. The number of amides is 1. The van der Waals surface area contributed by atoms with E-state index in [1.807, 2.05) is 18.9 Å². The van der Waals surface area contributed by atoms with Gasteiger partial charge in [-0.15, -0.1) is 0 Å². The van der Waals surface area contributed by atoms with E-state index in [4.69, 9.17) is 5.73 Å². The summed E-state index contributed by atoms with van der Waals surface area (Å²) in [7, 11) is 1.90. The van der Waals surface area contributed by atoms with Gasteiger partial charge in [0.05, 0.1) is 6.04 Å². The number of hydrogen-bond donors (Lipinski definition) is 1. The van der Waals surface area contributed by atoms with Crippen LogP contribution in [0, 0.1) is 5.92 Å². The number of rotatable bonds is 4. The summed E-state index contributed by atoms with van der Waals surface area (Å²) in [5, 5.41) is 0. The molecule has 1 fully saturated rings. The maximum Gasteiger partial charge on any atom is 0.239 e. The van der Waals surface area contributed by atoms with Gasteiger partial charge in [-0.3, -0.25) is 4.79 Å². The average Bonchev–Trinajstić information content (AvgIpc) is 2.78. The van der Waals surface area contributed by atoms with Crippen LogP contribution in [0.1, 0.15) is 46.0 Å². The van der Waals surface area contributed by atoms with Crippen molar-refractivity contribution in [1.82, 2.24) is 4.90 Å². The second-order valence-electron chi connectivity index (χ2n) is 4.80. The van der Waals surface area contributed by atoms with E-state index in [1.165, 1.54) is 12.8 Å². The van der Waals surface area contributed by atoms with E-state index in [0.29, 0.717) is 6.04 Å². The molecule has 0 aliphatic heterocycles. The molecule has 0 saturated heterocycles. The number of carbonyl (C=O) groups excluding carboxylic acids is 1. The quantitative estimate of drug-likeness (QED) is 0.772. The third-order valence-electron chi connectivity index (χ3n) is 3.76. The molecule has 0 aromatic heterocycles. The van der Waals surface area contributed by atoms with Gasteiger partial charge in [0.25, 0.3) is 0 Å². The highest BCUT2D eigenvalue weighted by molar-refractivity contribution is 5.82. The predicted molar refractivity (Wildman–Crippen MR) is 62.5 cm³/mol. The van der Waals surface area contributed by atoms with Crippen molar-refractivity contribution in [1.29, 1.82) is 0 Å². The molecular formula is C12H24N2O. The van der Waals surface area contributed by atoms with Gasteiger partial charge in [-0.05, 0) is 18.8 Å². The van der Waals surface area contributed by atoms with E-state index < -0.39 is 0 Å². The van der Waals surface area contributed by atoms with Gasteiger partial charge in [0.15, 0.2) is 0 Å². The maximum absolute atomic E-state index is 12.0. The molecule has 0 aromatic carbocycles. The summed E-state index contributed by atoms with van der Waals surface area (Å²) in [6, 6.07) is 0.119. The first kappa shape index (κ1) is 12.5. The molecular weight excluding hydrogens is 188 g/mol. The van der Waals surface area contributed by atoms with Crippen molar-refractivity contribution in [3.63, 3.8) is 0 Å². The van der Waals surface area contributed by atoms with Crippen molar-refractivity contribution in [3.05, 3.63) is 0 Å². The van der Waals surface area contributed by atoms with Gasteiger partial charge >= 0.3 is 0 Å². The van der Waals surface area contributed by atoms with Crippen molar-refractivity contribution in [2.24, 2.45) is 11.7 Å². The van der Waals surface area contributed by atoms with E-state index in [2.05, 4.69) is 6.92 Å². The molecule has 3 heteroatoms. The van der Waals surface area contributed by atoms with Crippen LogP contribution in [0.2, 0.25) is 0 Å². The molecule has 0 unspecified atom stereocenters. The number of carbonyl (C=O) groups is 1. The van der Waals surface area contributed by atoms with Crippen molar-refractivity contribution >= 4 is 5.91 Å². The minimum absolute atomic E-state index is 0.122. The van der Waals surface area contributed by atoms with Gasteiger partial charge in [0.1, 0.15) is 0 Å². The van der Waals surface area contributed by atoms with Crippen LogP contribution in [0.25, 0.3) is 0 Å². The Labute approximate surface area is 93.0 Å². The topological polar surface area (TPSA) is 46.3 Å². The third kappa shape index (κ3) is 2.94. The Bertz CT molecular complexity index is 212. The first-order valence-electron chi connectivity index (χ1n) is 6.10. The van der Waals surface area contributed by atoms with Crippen LogP contribution >= 0.6 is 0 Å². The molecule has 0 radical (unpaired) electrons. The third-order valence-corrected chi connectivity index (χ3v) is 3.76. The van der Waals surface area contributed by atoms with Crippen molar-refractivity contribution in [2.45, 2.75) is 58.0 Å². The Hall–Kier alpha value is -0.570. The van der Waals surface area contributed by atoms with E-state index in [9.17, 15) is 4.79 Å². The van der Waals surface area contributed by atoms with Crippen molar-refractivity contribution in [3.8, 4) is 0 Å². The molecule has 0 aromatic rings. The zero-order valence-electron chi connectivity index (χ0n) is 10.2. The minimum Gasteiger partial charge on any atom is -0.341 e. The summed E-state index contributed by atoms with van der Waals surface area (Å²) in [5.74, 6) is 0.401. The molecule has 88 valence electrons. The average molecular weight is 212 g/mol. The molecule has 1 amide bonds. The number of nitrogens with two attached hydrogens (primary N) is 1. The van der Waals surface area contributed by atoms with Crippen LogP contribution in [-0.4, -0.2) is 29.9 Å². The van der Waals surface area contributed by atoms with Gasteiger partial charge in [-0.2, -0.15) is 0 Å². The second-order valence-corrected chi connectivity index (χ2v) is 4.80. The van der Waals surface area contributed by atoms with Crippen LogP contribution in [0.4, 0.5) is 0 Å². The number of likely N-dealkylation sites (N-methyl/N-ethyl adjacent to an activating group) is 1. The van der Waals surface area contributed by atoms with E-state index in [1.54, 1.807) is 0 Å². The Balaban J connectivity index is 2.50. The van der Waals surface area contributed by atoms with Gasteiger partial charge < -0.3 is 10.6 Å². The van der Waals surface area contributed by atoms with Crippen LogP contribution < -0.4 is 5.73 Å². The van der Waals surface area contributed by atoms with E-state index in [-0.39, 0.29) is 17.9 Å². The minimum atomic E-state index is -0.319. The standard InChI is InChI=1S/C12H24N2O/c1-4-9(2)11(13)12(15)14(3)10-7-5-6-8-10/h9-11H,4-8,13H2,1-3H3/t9-,11-/m0/s1. The fourth-order valence-corrected chi connectivity index (χ4v) is 2.20. The first-order chi connectivity index (χ1) is 7.07. The molecule has 2 N–H and O–H groups in total. The lowest BCUT2D eigenvalue weighted by molar-refractivity contribution is -0.134. The largest absolute Gasteiger partial charge is 0.341 e. The maximum atomic E-state index is 12.0. The monoisotopic (exact) mass is 212 g/mol. The molecule has 15 heavy (non-hydrogen) atoms. The van der Waals surface area contributed by atoms with Gasteiger partial charge in [-0.1, -0.05) is 33.1 Å². The summed E-state index contributed by atoms with van der Waals surface area (Å²) >= 11 is 0. The highest BCUT2D eigenvalue weighted by Gasteiger charge is 2.28. The van der Waals surface area contributed by atoms with Gasteiger partial charge in [0, 0.05) is 13.1 Å². The normalized spacial score (nSPS) is 21.3. The lowest BCUT2D eigenvalue weighted by atomic mass is 9.98. The zero-order chi connectivity index (χ0) is 11.4. The van der Waals surface area contributed by atoms with Crippen LogP contribution in [0.5, 0.6) is 0 Å². The van der Waals surface area contributed by atoms with Crippen LogP contribution in [0.15, 0.2) is 0 Å². The van der Waals surface area contributed by atoms with Gasteiger partial charge in [0.2, 0.25) is 5.91 Å². The number of nitrogens with zero attached hydrogens (tertiary/aromatic N) is 1. The molecule has 1 rings (SSSR count). The van der Waals surface area contributed by atoms with Crippen LogP contribution in [0.3, 0.4) is 0 Å². The highest BCUT2D eigenvalue weighted by Crippen LogP contribution is 2.23. The van der Waals surface area contributed by atoms with Crippen LogP contribution in [-0.2, 0) is 4.79 Å². The molecule has 0 spiro atoms. The molecule has 1 aliphatic carbocycles. The molecule has 1 aliphatic rings. The summed E-state index contributed by atoms with van der Waals surface area (Å²) in [4.78, 5) is 13.9. The van der Waals surface area contributed by atoms with Gasteiger partial charge in [-0.25, -0.2) is 0 Å². The van der Waals surface area contributed by atoms with Crippen molar-refractivity contribution < 1.29 is 4.79 Å². The molecule has 0 heterocycles. The first-order valence-corrected chi connectivity index (χ1v) is 6.10.